The predicted molar refractivity (Wildman–Crippen MR) is 125 cm³/mol. The Hall–Kier alpha value is -2.31. The van der Waals surface area contributed by atoms with E-state index in [1.165, 1.54) is 0 Å². The van der Waals surface area contributed by atoms with E-state index in [-0.39, 0.29) is 44.8 Å². The number of rotatable bonds is 4. The van der Waals surface area contributed by atoms with Gasteiger partial charge in [-0.3, -0.25) is 14.4 Å². The van der Waals surface area contributed by atoms with E-state index in [1.807, 2.05) is 27.7 Å². The van der Waals surface area contributed by atoms with Crippen molar-refractivity contribution < 1.29 is 23.9 Å². The van der Waals surface area contributed by atoms with Crippen LogP contribution >= 0.6 is 23.2 Å². The zero-order chi connectivity index (χ0) is 24.3. The van der Waals surface area contributed by atoms with E-state index in [9.17, 15) is 14.4 Å². The zero-order valence-electron chi connectivity index (χ0n) is 19.1. The van der Waals surface area contributed by atoms with Crippen molar-refractivity contribution in [3.05, 3.63) is 50.4 Å². The van der Waals surface area contributed by atoms with Crippen molar-refractivity contribution in [1.82, 2.24) is 0 Å². The van der Waals surface area contributed by atoms with Gasteiger partial charge in [-0.25, -0.2) is 0 Å². The molecule has 1 aromatic carbocycles. The lowest BCUT2D eigenvalue weighted by molar-refractivity contribution is -0.121. The van der Waals surface area contributed by atoms with E-state index in [2.05, 4.69) is 0 Å². The van der Waals surface area contributed by atoms with Gasteiger partial charge in [0.1, 0.15) is 11.5 Å². The Kier molecular flexibility index (Phi) is 5.90. The summed E-state index contributed by atoms with van der Waals surface area (Å²) in [5, 5.41) is 0.337. The first-order valence-electron chi connectivity index (χ1n) is 10.9. The van der Waals surface area contributed by atoms with Gasteiger partial charge in [0.15, 0.2) is 23.9 Å². The Morgan fingerprint density at radius 1 is 0.970 bits per heavy atom. The van der Waals surface area contributed by atoms with Crippen LogP contribution in [0.5, 0.6) is 5.75 Å². The summed E-state index contributed by atoms with van der Waals surface area (Å²) in [5.74, 6) is -0.00201. The van der Waals surface area contributed by atoms with Crippen LogP contribution in [-0.4, -0.2) is 24.1 Å². The molecule has 0 saturated heterocycles. The summed E-state index contributed by atoms with van der Waals surface area (Å²) in [6, 6.07) is 3.27. The fraction of sp³-hybridized carbons (Fsp3) is 0.480. The molecule has 1 aliphatic heterocycles. The molecule has 0 aromatic heterocycles. The SMILES string of the molecule is CC1(C)CC(=O)C2=C(C1)OC1=C(C(=O)CC(C)(C)C1)C2c1cc(Cl)c(OCC(N)=O)c(Cl)c1. The van der Waals surface area contributed by atoms with Crippen LogP contribution in [-0.2, 0) is 19.1 Å². The van der Waals surface area contributed by atoms with Crippen molar-refractivity contribution in [3.63, 3.8) is 0 Å². The van der Waals surface area contributed by atoms with E-state index in [0.29, 0.717) is 53.9 Å². The van der Waals surface area contributed by atoms with Crippen LogP contribution in [0.2, 0.25) is 10.0 Å². The molecular formula is C25H27Cl2NO5. The van der Waals surface area contributed by atoms with Crippen LogP contribution in [0.3, 0.4) is 0 Å². The molecule has 0 spiro atoms. The number of primary amides is 1. The third-order valence-electron chi connectivity index (χ3n) is 6.29. The molecule has 0 saturated carbocycles. The van der Waals surface area contributed by atoms with Gasteiger partial charge in [-0.05, 0) is 28.5 Å². The van der Waals surface area contributed by atoms with Crippen molar-refractivity contribution in [1.29, 1.82) is 0 Å². The highest BCUT2D eigenvalue weighted by molar-refractivity contribution is 6.37. The first-order valence-corrected chi connectivity index (χ1v) is 11.6. The lowest BCUT2D eigenvalue weighted by atomic mass is 9.65. The molecule has 3 aliphatic rings. The van der Waals surface area contributed by atoms with Gasteiger partial charge in [-0.15, -0.1) is 0 Å². The fourth-order valence-corrected chi connectivity index (χ4v) is 5.65. The highest BCUT2D eigenvalue weighted by Crippen LogP contribution is 2.54. The maximum atomic E-state index is 13.3. The summed E-state index contributed by atoms with van der Waals surface area (Å²) in [6.07, 6.45) is 1.90. The van der Waals surface area contributed by atoms with Gasteiger partial charge in [-0.2, -0.15) is 0 Å². The number of carbonyl (C=O) groups excluding carboxylic acids is 3. The predicted octanol–water partition coefficient (Wildman–Crippen LogP) is 5.26. The smallest absolute Gasteiger partial charge is 0.255 e. The van der Waals surface area contributed by atoms with E-state index in [0.717, 1.165) is 0 Å². The van der Waals surface area contributed by atoms with Crippen LogP contribution in [0, 0.1) is 10.8 Å². The number of ether oxygens (including phenoxy) is 2. The Morgan fingerprint density at radius 2 is 1.42 bits per heavy atom. The van der Waals surface area contributed by atoms with Crippen LogP contribution in [0.15, 0.2) is 34.8 Å². The van der Waals surface area contributed by atoms with Crippen molar-refractivity contribution in [2.75, 3.05) is 6.61 Å². The summed E-state index contributed by atoms with van der Waals surface area (Å²) in [6.45, 7) is 7.76. The molecule has 0 radical (unpaired) electrons. The van der Waals surface area contributed by atoms with Crippen molar-refractivity contribution >= 4 is 40.7 Å². The average molecular weight is 492 g/mol. The molecule has 1 amide bonds. The minimum absolute atomic E-state index is 0.0447. The van der Waals surface area contributed by atoms with Gasteiger partial charge < -0.3 is 15.2 Å². The number of allylic oxidation sites excluding steroid dienone is 4. The number of halogens is 2. The minimum atomic E-state index is -0.661. The first kappa shape index (κ1) is 23.8. The molecule has 0 atom stereocenters. The number of Topliss-reactive ketones (excluding diaryl/α,β-unsaturated/α-hetero) is 2. The number of amides is 1. The number of hydrogen-bond acceptors (Lipinski definition) is 5. The van der Waals surface area contributed by atoms with Crippen molar-refractivity contribution in [2.45, 2.75) is 59.3 Å². The molecule has 8 heteroatoms. The van der Waals surface area contributed by atoms with Gasteiger partial charge in [0, 0.05) is 42.7 Å². The topological polar surface area (TPSA) is 95.7 Å². The Balaban J connectivity index is 1.87. The molecule has 176 valence electrons. The van der Waals surface area contributed by atoms with Crippen LogP contribution < -0.4 is 10.5 Å². The number of nitrogens with two attached hydrogens (primary N) is 1. The third-order valence-corrected chi connectivity index (χ3v) is 6.86. The van der Waals surface area contributed by atoms with Gasteiger partial charge in [0.25, 0.3) is 5.91 Å². The molecule has 0 fully saturated rings. The number of hydrogen-bond donors (Lipinski definition) is 1. The minimum Gasteiger partial charge on any atom is -0.481 e. The maximum Gasteiger partial charge on any atom is 0.255 e. The average Bonchev–Trinajstić information content (AvgIpc) is 2.63. The van der Waals surface area contributed by atoms with E-state index in [1.54, 1.807) is 12.1 Å². The Bertz CT molecular complexity index is 1070. The quantitative estimate of drug-likeness (QED) is 0.619. The standard InChI is InChI=1S/C25H27Cl2NO5/c1-24(2)7-15(29)21-17(9-24)33-18-10-25(3,4)8-16(30)22(18)20(21)12-5-13(26)23(14(27)6-12)32-11-19(28)31/h5-6,20H,7-11H2,1-4H3,(H2,28,31). The summed E-state index contributed by atoms with van der Waals surface area (Å²) in [5.41, 5.74) is 6.28. The Labute approximate surface area is 203 Å². The van der Waals surface area contributed by atoms with E-state index >= 15 is 0 Å². The summed E-state index contributed by atoms with van der Waals surface area (Å²) < 4.78 is 11.6. The second-order valence-corrected chi connectivity index (χ2v) is 11.5. The summed E-state index contributed by atoms with van der Waals surface area (Å²) >= 11 is 12.9. The largest absolute Gasteiger partial charge is 0.481 e. The molecule has 1 heterocycles. The zero-order valence-corrected chi connectivity index (χ0v) is 20.7. The molecule has 2 aliphatic carbocycles. The van der Waals surface area contributed by atoms with Crippen molar-refractivity contribution in [2.24, 2.45) is 16.6 Å². The van der Waals surface area contributed by atoms with Gasteiger partial charge in [-0.1, -0.05) is 50.9 Å². The molecule has 0 unspecified atom stereocenters. The number of carbonyl (C=O) groups is 3. The first-order chi connectivity index (χ1) is 15.3. The summed E-state index contributed by atoms with van der Waals surface area (Å²) in [7, 11) is 0. The van der Waals surface area contributed by atoms with Gasteiger partial charge in [0.2, 0.25) is 0 Å². The van der Waals surface area contributed by atoms with Crippen LogP contribution in [0.1, 0.15) is 64.9 Å². The fourth-order valence-electron chi connectivity index (χ4n) is 5.04. The number of ketones is 2. The lowest BCUT2D eigenvalue weighted by Gasteiger charge is -2.42. The second-order valence-electron chi connectivity index (χ2n) is 10.7. The van der Waals surface area contributed by atoms with Crippen LogP contribution in [0.4, 0.5) is 0 Å². The molecule has 6 nitrogen and oxygen atoms in total. The second kappa shape index (κ2) is 8.17. The Morgan fingerprint density at radius 3 is 1.85 bits per heavy atom. The van der Waals surface area contributed by atoms with Crippen molar-refractivity contribution in [3.8, 4) is 5.75 Å². The molecular weight excluding hydrogens is 465 g/mol. The molecule has 2 N–H and O–H groups in total. The monoisotopic (exact) mass is 491 g/mol. The van der Waals surface area contributed by atoms with E-state index < -0.39 is 11.8 Å². The van der Waals surface area contributed by atoms with E-state index in [4.69, 9.17) is 38.4 Å². The molecule has 33 heavy (non-hydrogen) atoms. The maximum absolute atomic E-state index is 13.3. The van der Waals surface area contributed by atoms with Gasteiger partial charge in [0.05, 0.1) is 10.0 Å². The summed E-state index contributed by atoms with van der Waals surface area (Å²) in [4.78, 5) is 37.8. The molecule has 0 bridgehead atoms. The lowest BCUT2D eigenvalue weighted by Crippen LogP contribution is -2.37. The number of benzene rings is 1. The van der Waals surface area contributed by atoms with Gasteiger partial charge >= 0.3 is 0 Å². The third kappa shape index (κ3) is 4.56. The highest BCUT2D eigenvalue weighted by Gasteiger charge is 2.48. The molecule has 1 aromatic rings. The normalized spacial score (nSPS) is 22.0. The highest BCUT2D eigenvalue weighted by atomic mass is 35.5. The van der Waals surface area contributed by atoms with Crippen LogP contribution in [0.25, 0.3) is 0 Å². The molecule has 4 rings (SSSR count).